The van der Waals surface area contributed by atoms with Crippen molar-refractivity contribution >= 4 is 22.5 Å². The van der Waals surface area contributed by atoms with Crippen LogP contribution in [0.25, 0.3) is 10.9 Å². The fourth-order valence-corrected chi connectivity index (χ4v) is 4.05. The van der Waals surface area contributed by atoms with E-state index >= 15 is 0 Å². The maximum Gasteiger partial charge on any atom is 0.258 e. The van der Waals surface area contributed by atoms with Crippen molar-refractivity contribution in [1.82, 2.24) is 9.97 Å². The summed E-state index contributed by atoms with van der Waals surface area (Å²) >= 11 is 6.07. The molecule has 0 amide bonds. The van der Waals surface area contributed by atoms with Gasteiger partial charge in [-0.2, -0.15) is 0 Å². The predicted molar refractivity (Wildman–Crippen MR) is 113 cm³/mol. The molecule has 152 valence electrons. The van der Waals surface area contributed by atoms with E-state index in [9.17, 15) is 4.79 Å². The monoisotopic (exact) mass is 414 g/mol. The molecular formula is C22H25ClN3O3+. The number of hydrogen-bond acceptors (Lipinski definition) is 4. The molecule has 4 rings (SSSR count). The average Bonchev–Trinajstić information content (AvgIpc) is 2.68. The number of rotatable bonds is 6. The van der Waals surface area contributed by atoms with Gasteiger partial charge in [-0.15, -0.1) is 0 Å². The van der Waals surface area contributed by atoms with Crippen molar-refractivity contribution in [3.63, 3.8) is 0 Å². The second kappa shape index (κ2) is 8.43. The molecule has 0 saturated heterocycles. The highest BCUT2D eigenvalue weighted by Crippen LogP contribution is 2.32. The van der Waals surface area contributed by atoms with Crippen molar-refractivity contribution in [2.24, 2.45) is 0 Å². The summed E-state index contributed by atoms with van der Waals surface area (Å²) in [5.41, 5.74) is 3.06. The van der Waals surface area contributed by atoms with Crippen molar-refractivity contribution in [2.75, 3.05) is 19.8 Å². The first-order chi connectivity index (χ1) is 14.1. The first-order valence-corrected chi connectivity index (χ1v) is 10.4. The van der Waals surface area contributed by atoms with Gasteiger partial charge in [0.05, 0.1) is 30.7 Å². The van der Waals surface area contributed by atoms with Gasteiger partial charge in [0.15, 0.2) is 17.3 Å². The molecule has 7 heteroatoms. The second-order valence-electron chi connectivity index (χ2n) is 7.21. The number of quaternary nitrogens is 1. The zero-order chi connectivity index (χ0) is 20.4. The van der Waals surface area contributed by atoms with Gasteiger partial charge in [-0.1, -0.05) is 11.6 Å². The van der Waals surface area contributed by atoms with Crippen LogP contribution in [0.15, 0.2) is 35.1 Å². The first-order valence-electron chi connectivity index (χ1n) is 10.0. The Balaban J connectivity index is 1.58. The normalized spacial score (nSPS) is 15.9. The minimum Gasteiger partial charge on any atom is -0.490 e. The summed E-state index contributed by atoms with van der Waals surface area (Å²) in [6.45, 7) is 7.62. The largest absolute Gasteiger partial charge is 0.490 e. The van der Waals surface area contributed by atoms with Gasteiger partial charge in [-0.3, -0.25) is 4.79 Å². The topological polar surface area (TPSA) is 68.7 Å². The Hall–Kier alpha value is -2.57. The Bertz CT molecular complexity index is 1100. The molecule has 6 nitrogen and oxygen atoms in total. The van der Waals surface area contributed by atoms with Crippen LogP contribution in [0.5, 0.6) is 11.5 Å². The first kappa shape index (κ1) is 19.7. The third-order valence-electron chi connectivity index (χ3n) is 5.19. The number of ether oxygens (including phenoxy) is 2. The fourth-order valence-electron chi connectivity index (χ4n) is 3.88. The minimum absolute atomic E-state index is 0.126. The Morgan fingerprint density at radius 2 is 1.83 bits per heavy atom. The molecule has 0 spiro atoms. The third kappa shape index (κ3) is 4.23. The summed E-state index contributed by atoms with van der Waals surface area (Å²) in [6, 6.07) is 9.36. The van der Waals surface area contributed by atoms with Crippen LogP contribution in [0.2, 0.25) is 5.02 Å². The van der Waals surface area contributed by atoms with Crippen molar-refractivity contribution < 1.29 is 14.4 Å². The van der Waals surface area contributed by atoms with E-state index in [4.69, 9.17) is 21.1 Å². The summed E-state index contributed by atoms with van der Waals surface area (Å²) in [5.74, 6) is 2.29. The maximum absolute atomic E-state index is 12.4. The summed E-state index contributed by atoms with van der Waals surface area (Å²) in [5, 5.41) is 1.14. The fraction of sp³-hybridized carbons (Fsp3) is 0.364. The molecule has 1 aliphatic heterocycles. The maximum atomic E-state index is 12.4. The predicted octanol–water partition coefficient (Wildman–Crippen LogP) is 2.52. The molecule has 0 aliphatic carbocycles. The van der Waals surface area contributed by atoms with Crippen molar-refractivity contribution in [3.05, 3.63) is 62.7 Å². The SMILES string of the molecule is CCOc1cc2c(cc1OCC)C[NH+](Cc1nc3cc(Cl)ccc3c(=O)[nH]1)CC2. The van der Waals surface area contributed by atoms with Crippen LogP contribution in [0.1, 0.15) is 30.8 Å². The van der Waals surface area contributed by atoms with Gasteiger partial charge >= 0.3 is 0 Å². The Labute approximate surface area is 174 Å². The number of benzene rings is 2. The highest BCUT2D eigenvalue weighted by Gasteiger charge is 2.23. The van der Waals surface area contributed by atoms with E-state index in [1.165, 1.54) is 16.0 Å². The number of aromatic amines is 1. The molecule has 2 heterocycles. The van der Waals surface area contributed by atoms with E-state index in [0.717, 1.165) is 31.0 Å². The molecule has 2 N–H and O–H groups in total. The Morgan fingerprint density at radius 1 is 1.10 bits per heavy atom. The molecule has 3 aromatic rings. The van der Waals surface area contributed by atoms with E-state index in [-0.39, 0.29) is 5.56 Å². The van der Waals surface area contributed by atoms with Crippen LogP contribution < -0.4 is 19.9 Å². The lowest BCUT2D eigenvalue weighted by Crippen LogP contribution is -3.10. The molecule has 2 aromatic carbocycles. The molecule has 29 heavy (non-hydrogen) atoms. The highest BCUT2D eigenvalue weighted by molar-refractivity contribution is 6.31. The van der Waals surface area contributed by atoms with Gasteiger partial charge in [0.25, 0.3) is 5.56 Å². The number of fused-ring (bicyclic) bond motifs is 2. The zero-order valence-electron chi connectivity index (χ0n) is 16.7. The van der Waals surface area contributed by atoms with Crippen LogP contribution in [0.3, 0.4) is 0 Å². The number of nitrogens with one attached hydrogen (secondary N) is 2. The summed E-state index contributed by atoms with van der Waals surface area (Å²) in [7, 11) is 0. The van der Waals surface area contributed by atoms with Gasteiger partial charge in [-0.25, -0.2) is 4.98 Å². The van der Waals surface area contributed by atoms with E-state index < -0.39 is 0 Å². The number of H-pyrrole nitrogens is 1. The van der Waals surface area contributed by atoms with Crippen molar-refractivity contribution in [1.29, 1.82) is 0 Å². The summed E-state index contributed by atoms with van der Waals surface area (Å²) in [4.78, 5) is 21.3. The van der Waals surface area contributed by atoms with E-state index in [2.05, 4.69) is 22.1 Å². The quantitative estimate of drug-likeness (QED) is 0.650. The van der Waals surface area contributed by atoms with Crippen LogP contribution >= 0.6 is 11.6 Å². The molecule has 0 saturated carbocycles. The van der Waals surface area contributed by atoms with E-state index in [0.29, 0.717) is 41.5 Å². The third-order valence-corrected chi connectivity index (χ3v) is 5.42. The lowest BCUT2D eigenvalue weighted by Gasteiger charge is -2.26. The summed E-state index contributed by atoms with van der Waals surface area (Å²) < 4.78 is 11.5. The van der Waals surface area contributed by atoms with Crippen molar-refractivity contribution in [2.45, 2.75) is 33.4 Å². The van der Waals surface area contributed by atoms with Crippen LogP contribution in [0.4, 0.5) is 0 Å². The second-order valence-corrected chi connectivity index (χ2v) is 7.65. The molecule has 0 fully saturated rings. The lowest BCUT2D eigenvalue weighted by molar-refractivity contribution is -0.930. The molecule has 1 atom stereocenters. The molecular weight excluding hydrogens is 390 g/mol. The number of hydrogen-bond donors (Lipinski definition) is 2. The average molecular weight is 415 g/mol. The van der Waals surface area contributed by atoms with Gasteiger partial charge in [0, 0.05) is 17.0 Å². The van der Waals surface area contributed by atoms with Crippen LogP contribution in [-0.2, 0) is 19.5 Å². The standard InChI is InChI=1S/C22H24ClN3O3/c1-3-28-19-9-14-7-8-26(12-15(14)10-20(19)29-4-2)13-21-24-18-11-16(23)5-6-17(18)22(27)25-21/h5-6,9-11H,3-4,7-8,12-13H2,1-2H3,(H,24,25,27)/p+1. The van der Waals surface area contributed by atoms with E-state index in [1.54, 1.807) is 18.2 Å². The number of nitrogens with zero attached hydrogens (tertiary/aromatic N) is 1. The summed E-state index contributed by atoms with van der Waals surface area (Å²) in [6.07, 6.45) is 0.945. The number of aromatic nitrogens is 2. The molecule has 1 aromatic heterocycles. The van der Waals surface area contributed by atoms with E-state index in [1.807, 2.05) is 13.8 Å². The van der Waals surface area contributed by atoms with Gasteiger partial charge in [0.2, 0.25) is 0 Å². The lowest BCUT2D eigenvalue weighted by atomic mass is 9.98. The smallest absolute Gasteiger partial charge is 0.258 e. The van der Waals surface area contributed by atoms with Gasteiger partial charge < -0.3 is 19.4 Å². The van der Waals surface area contributed by atoms with Crippen LogP contribution in [-0.4, -0.2) is 29.7 Å². The zero-order valence-corrected chi connectivity index (χ0v) is 17.4. The van der Waals surface area contributed by atoms with Crippen LogP contribution in [0, 0.1) is 0 Å². The van der Waals surface area contributed by atoms with Gasteiger partial charge in [-0.05, 0) is 49.7 Å². The molecule has 0 bridgehead atoms. The molecule has 1 unspecified atom stereocenters. The molecule has 1 aliphatic rings. The molecule has 0 radical (unpaired) electrons. The number of halogens is 1. The Morgan fingerprint density at radius 3 is 2.55 bits per heavy atom. The Kier molecular flexibility index (Phi) is 5.74. The highest BCUT2D eigenvalue weighted by atomic mass is 35.5. The minimum atomic E-state index is -0.126. The van der Waals surface area contributed by atoms with Gasteiger partial charge in [0.1, 0.15) is 13.1 Å². The van der Waals surface area contributed by atoms with Crippen molar-refractivity contribution in [3.8, 4) is 11.5 Å².